The van der Waals surface area contributed by atoms with Gasteiger partial charge in [-0.1, -0.05) is 29.0 Å². The van der Waals surface area contributed by atoms with Crippen LogP contribution < -0.4 is 5.32 Å². The molecule has 0 bridgehead atoms. The summed E-state index contributed by atoms with van der Waals surface area (Å²) in [5, 5.41) is 20.2. The molecule has 0 atom stereocenters. The maximum atomic E-state index is 12.0. The van der Waals surface area contributed by atoms with Crippen LogP contribution in [0.3, 0.4) is 0 Å². The van der Waals surface area contributed by atoms with E-state index in [2.05, 4.69) is 15.5 Å². The lowest BCUT2D eigenvalue weighted by Crippen LogP contribution is -2.11. The van der Waals surface area contributed by atoms with Gasteiger partial charge in [-0.05, 0) is 30.7 Å². The van der Waals surface area contributed by atoms with Crippen LogP contribution >= 0.6 is 22.9 Å². The van der Waals surface area contributed by atoms with Crippen LogP contribution in [0.15, 0.2) is 24.3 Å². The van der Waals surface area contributed by atoms with Crippen molar-refractivity contribution >= 4 is 46.0 Å². The number of rotatable bonds is 4. The molecule has 2 rings (SSSR count). The number of hydrogen-bond acceptors (Lipinski definition) is 5. The largest absolute Gasteiger partial charge is 0.478 e. The summed E-state index contributed by atoms with van der Waals surface area (Å²) in [6.07, 6.45) is 2.34. The first-order valence-corrected chi connectivity index (χ1v) is 6.97. The van der Waals surface area contributed by atoms with E-state index in [9.17, 15) is 9.59 Å². The van der Waals surface area contributed by atoms with Crippen LogP contribution in [0.4, 0.5) is 5.13 Å². The van der Waals surface area contributed by atoms with Crippen molar-refractivity contribution in [1.82, 2.24) is 10.2 Å². The van der Waals surface area contributed by atoms with Crippen LogP contribution in [-0.2, 0) is 4.79 Å². The number of carbonyl (C=O) groups excluding carboxylic acids is 1. The highest BCUT2D eigenvalue weighted by atomic mass is 35.5. The van der Waals surface area contributed by atoms with E-state index in [0.717, 1.165) is 11.1 Å². The first-order valence-electron chi connectivity index (χ1n) is 5.78. The fourth-order valence-electron chi connectivity index (χ4n) is 1.48. The van der Waals surface area contributed by atoms with E-state index < -0.39 is 5.97 Å². The topological polar surface area (TPSA) is 92.2 Å². The number of anilines is 1. The van der Waals surface area contributed by atoms with Crippen molar-refractivity contribution in [3.8, 4) is 0 Å². The third-order valence-electron chi connectivity index (χ3n) is 2.41. The van der Waals surface area contributed by atoms with Crippen molar-refractivity contribution in [2.24, 2.45) is 0 Å². The number of aromatic nitrogens is 2. The number of amides is 1. The zero-order valence-electron chi connectivity index (χ0n) is 10.8. The van der Waals surface area contributed by atoms with Crippen LogP contribution in [0.2, 0.25) is 5.02 Å². The summed E-state index contributed by atoms with van der Waals surface area (Å²) in [4.78, 5) is 22.5. The number of aliphatic carboxylic acids is 1. The summed E-state index contributed by atoms with van der Waals surface area (Å²) >= 11 is 7.28. The third-order valence-corrected chi connectivity index (χ3v) is 3.50. The molecule has 108 valence electrons. The molecule has 2 N–H and O–H groups in total. The van der Waals surface area contributed by atoms with Crippen LogP contribution in [-0.4, -0.2) is 27.2 Å². The second kappa shape index (κ2) is 6.47. The van der Waals surface area contributed by atoms with Gasteiger partial charge >= 0.3 is 5.97 Å². The Labute approximate surface area is 129 Å². The van der Waals surface area contributed by atoms with Crippen molar-refractivity contribution in [1.29, 1.82) is 0 Å². The highest BCUT2D eigenvalue weighted by Gasteiger charge is 2.10. The molecule has 0 saturated carbocycles. The maximum absolute atomic E-state index is 12.0. The van der Waals surface area contributed by atoms with Crippen LogP contribution in [0.5, 0.6) is 0 Å². The van der Waals surface area contributed by atoms with E-state index in [1.165, 1.54) is 23.5 Å². The number of benzene rings is 1. The molecule has 0 aliphatic carbocycles. The van der Waals surface area contributed by atoms with Gasteiger partial charge in [0, 0.05) is 16.7 Å². The van der Waals surface area contributed by atoms with Gasteiger partial charge in [-0.15, -0.1) is 10.2 Å². The minimum atomic E-state index is -1.07. The van der Waals surface area contributed by atoms with Crippen molar-refractivity contribution in [2.75, 3.05) is 5.32 Å². The van der Waals surface area contributed by atoms with Crippen LogP contribution in [0.25, 0.3) is 6.08 Å². The van der Waals surface area contributed by atoms with E-state index in [0.29, 0.717) is 16.3 Å². The molecule has 1 heterocycles. The summed E-state index contributed by atoms with van der Waals surface area (Å²) in [7, 11) is 0. The summed E-state index contributed by atoms with van der Waals surface area (Å²) < 4.78 is 0. The maximum Gasteiger partial charge on any atom is 0.328 e. The Balaban J connectivity index is 2.15. The van der Waals surface area contributed by atoms with Gasteiger partial charge in [0.15, 0.2) is 0 Å². The summed E-state index contributed by atoms with van der Waals surface area (Å²) in [6, 6.07) is 4.59. The molecule has 1 aromatic heterocycles. The highest BCUT2D eigenvalue weighted by Crippen LogP contribution is 2.21. The Kier molecular flexibility index (Phi) is 4.66. The van der Waals surface area contributed by atoms with Crippen molar-refractivity contribution in [3.63, 3.8) is 0 Å². The lowest BCUT2D eigenvalue weighted by atomic mass is 10.1. The molecule has 2 aromatic rings. The molecule has 0 unspecified atom stereocenters. The lowest BCUT2D eigenvalue weighted by Gasteiger charge is -2.04. The minimum Gasteiger partial charge on any atom is -0.478 e. The van der Waals surface area contributed by atoms with Gasteiger partial charge in [-0.3, -0.25) is 10.1 Å². The standard InChI is InChI=1S/C13H10ClN3O3S/c1-7-16-17-13(21-7)15-12(20)9-3-2-8(10(14)6-9)4-5-11(18)19/h2-6H,1H3,(H,18,19)(H,15,17,20)/b5-4+. The van der Waals surface area contributed by atoms with Crippen LogP contribution in [0, 0.1) is 6.92 Å². The van der Waals surface area contributed by atoms with E-state index >= 15 is 0 Å². The average Bonchev–Trinajstić information content (AvgIpc) is 2.82. The van der Waals surface area contributed by atoms with Gasteiger partial charge in [0.2, 0.25) is 5.13 Å². The van der Waals surface area contributed by atoms with Crippen LogP contribution in [0.1, 0.15) is 20.9 Å². The predicted molar refractivity (Wildman–Crippen MR) is 80.7 cm³/mol. The van der Waals surface area contributed by atoms with Crippen molar-refractivity contribution in [2.45, 2.75) is 6.92 Å². The van der Waals surface area contributed by atoms with Crippen molar-refractivity contribution < 1.29 is 14.7 Å². The summed E-state index contributed by atoms with van der Waals surface area (Å²) in [6.45, 7) is 1.79. The molecule has 6 nitrogen and oxygen atoms in total. The molecule has 0 spiro atoms. The first-order chi connectivity index (χ1) is 9.95. The van der Waals surface area contributed by atoms with Gasteiger partial charge in [0.1, 0.15) is 5.01 Å². The van der Waals surface area contributed by atoms with Gasteiger partial charge in [0.05, 0.1) is 0 Å². The first kappa shape index (κ1) is 15.1. The fraction of sp³-hybridized carbons (Fsp3) is 0.0769. The highest BCUT2D eigenvalue weighted by molar-refractivity contribution is 7.15. The van der Waals surface area contributed by atoms with Gasteiger partial charge in [-0.25, -0.2) is 4.79 Å². The number of halogens is 1. The average molecular weight is 324 g/mol. The number of carboxylic acids is 1. The second-order valence-corrected chi connectivity index (χ2v) is 5.58. The molecular formula is C13H10ClN3O3S. The lowest BCUT2D eigenvalue weighted by molar-refractivity contribution is -0.131. The Hall–Kier alpha value is -2.25. The Bertz CT molecular complexity index is 727. The molecule has 0 fully saturated rings. The Morgan fingerprint density at radius 1 is 1.38 bits per heavy atom. The third kappa shape index (κ3) is 4.11. The Morgan fingerprint density at radius 3 is 2.71 bits per heavy atom. The summed E-state index contributed by atoms with van der Waals surface area (Å²) in [5.41, 5.74) is 0.864. The number of nitrogens with one attached hydrogen (secondary N) is 1. The smallest absolute Gasteiger partial charge is 0.328 e. The minimum absolute atomic E-state index is 0.286. The van der Waals surface area contributed by atoms with Gasteiger partial charge in [0.25, 0.3) is 5.91 Å². The number of nitrogens with zero attached hydrogens (tertiary/aromatic N) is 2. The van der Waals surface area contributed by atoms with E-state index in [1.54, 1.807) is 19.1 Å². The SMILES string of the molecule is Cc1nnc(NC(=O)c2ccc(/C=C/C(=O)O)c(Cl)c2)s1. The van der Waals surface area contributed by atoms with Gasteiger partial charge in [-0.2, -0.15) is 0 Å². The molecular weight excluding hydrogens is 314 g/mol. The number of aryl methyl sites for hydroxylation is 1. The quantitative estimate of drug-likeness (QED) is 0.844. The molecule has 0 saturated heterocycles. The molecule has 0 radical (unpaired) electrons. The molecule has 8 heteroatoms. The normalized spacial score (nSPS) is 10.8. The zero-order valence-corrected chi connectivity index (χ0v) is 12.4. The molecule has 1 aromatic carbocycles. The molecule has 0 aliphatic rings. The van der Waals surface area contributed by atoms with Gasteiger partial charge < -0.3 is 5.11 Å². The number of carboxylic acid groups (broad SMARTS) is 1. The van der Waals surface area contributed by atoms with E-state index in [4.69, 9.17) is 16.7 Å². The number of carbonyl (C=O) groups is 2. The molecule has 0 aliphatic heterocycles. The van der Waals surface area contributed by atoms with Crippen molar-refractivity contribution in [3.05, 3.63) is 45.4 Å². The monoisotopic (exact) mass is 323 g/mol. The molecule has 21 heavy (non-hydrogen) atoms. The number of hydrogen-bond donors (Lipinski definition) is 2. The molecule has 1 amide bonds. The fourth-order valence-corrected chi connectivity index (χ4v) is 2.31. The van der Waals surface area contributed by atoms with E-state index in [1.807, 2.05) is 0 Å². The predicted octanol–water partition coefficient (Wildman–Crippen LogP) is 2.85. The Morgan fingerprint density at radius 2 is 2.14 bits per heavy atom. The van der Waals surface area contributed by atoms with E-state index in [-0.39, 0.29) is 10.9 Å². The zero-order chi connectivity index (χ0) is 15.4. The summed E-state index contributed by atoms with van der Waals surface area (Å²) in [5.74, 6) is -1.43. The second-order valence-electron chi connectivity index (χ2n) is 3.99.